The molecule has 3 aromatic rings. The minimum atomic E-state index is -0.591. The SMILES string of the molecule is COC(=O)c1sc2ncc(CCOC(=O)c3c(NS)sc4c3CCN(C(=O)OC(C)(C)C)C4)nc2c1NS. The van der Waals surface area contributed by atoms with E-state index in [1.807, 2.05) is 20.8 Å². The lowest BCUT2D eigenvalue weighted by Crippen LogP contribution is -2.39. The molecule has 0 saturated carbocycles. The molecule has 0 radical (unpaired) electrons. The maximum absolute atomic E-state index is 13.1. The lowest BCUT2D eigenvalue weighted by Gasteiger charge is -2.30. The zero-order valence-electron chi connectivity index (χ0n) is 21.1. The minimum absolute atomic E-state index is 0.0668. The van der Waals surface area contributed by atoms with Gasteiger partial charge in [0, 0.05) is 17.8 Å². The van der Waals surface area contributed by atoms with Crippen LogP contribution >= 0.6 is 48.3 Å². The molecule has 1 amide bonds. The van der Waals surface area contributed by atoms with E-state index in [1.54, 1.807) is 11.1 Å². The first-order valence-electron chi connectivity index (χ1n) is 11.5. The second-order valence-electron chi connectivity index (χ2n) is 9.28. The summed E-state index contributed by atoms with van der Waals surface area (Å²) in [6.45, 7) is 6.30. The first-order chi connectivity index (χ1) is 18.1. The second-order valence-corrected chi connectivity index (χ2v) is 11.8. The topological polar surface area (TPSA) is 132 Å². The van der Waals surface area contributed by atoms with Gasteiger partial charge in [0.1, 0.15) is 25.8 Å². The average Bonchev–Trinajstić information content (AvgIpc) is 3.44. The Kier molecular flexibility index (Phi) is 8.59. The van der Waals surface area contributed by atoms with E-state index >= 15 is 0 Å². The lowest BCUT2D eigenvalue weighted by atomic mass is 10.0. The number of esters is 2. The number of amides is 1. The third kappa shape index (κ3) is 5.95. The molecule has 0 aromatic carbocycles. The van der Waals surface area contributed by atoms with Gasteiger partial charge in [0.15, 0.2) is 0 Å². The first-order valence-corrected chi connectivity index (χ1v) is 14.1. The maximum Gasteiger partial charge on any atom is 0.410 e. The van der Waals surface area contributed by atoms with Crippen molar-refractivity contribution in [3.05, 3.63) is 32.8 Å². The highest BCUT2D eigenvalue weighted by molar-refractivity contribution is 7.82. The molecule has 0 spiro atoms. The predicted octanol–water partition coefficient (Wildman–Crippen LogP) is 4.75. The standard InChI is InChI=1S/C23H27N5O6S4/c1-23(2,3)34-22(31)28-7-5-12-13(10-28)37-18(27-36)14(12)20(29)33-8-6-11-9-24-19-16(25-11)15(26-35)17(38-19)21(30)32-4/h9,26-27,35-36H,5-8,10H2,1-4H3. The Balaban J connectivity index is 1.44. The van der Waals surface area contributed by atoms with Crippen molar-refractivity contribution in [2.24, 2.45) is 0 Å². The second kappa shape index (κ2) is 11.6. The number of carbonyl (C=O) groups excluding carboxylic acids is 3. The van der Waals surface area contributed by atoms with E-state index in [4.69, 9.17) is 14.2 Å². The van der Waals surface area contributed by atoms with Gasteiger partial charge in [0.25, 0.3) is 0 Å². The molecular formula is C23H27N5O6S4. The van der Waals surface area contributed by atoms with Crippen LogP contribution in [0.15, 0.2) is 6.20 Å². The Morgan fingerprint density at radius 2 is 1.92 bits per heavy atom. The van der Waals surface area contributed by atoms with Crippen LogP contribution in [0.4, 0.5) is 15.5 Å². The van der Waals surface area contributed by atoms with Gasteiger partial charge >= 0.3 is 18.0 Å². The minimum Gasteiger partial charge on any atom is -0.465 e. The lowest BCUT2D eigenvalue weighted by molar-refractivity contribution is 0.0226. The van der Waals surface area contributed by atoms with Crippen LogP contribution in [0.25, 0.3) is 10.3 Å². The third-order valence-electron chi connectivity index (χ3n) is 5.54. The molecule has 11 nitrogen and oxygen atoms in total. The Labute approximate surface area is 238 Å². The normalized spacial score (nSPS) is 13.2. The summed E-state index contributed by atoms with van der Waals surface area (Å²) in [6.07, 6.45) is 1.99. The fourth-order valence-corrected chi connectivity index (χ4v) is 6.52. The van der Waals surface area contributed by atoms with Crippen LogP contribution in [0.5, 0.6) is 0 Å². The molecule has 204 valence electrons. The number of hydrogen-bond acceptors (Lipinski definition) is 14. The zero-order valence-corrected chi connectivity index (χ0v) is 24.5. The van der Waals surface area contributed by atoms with Crippen molar-refractivity contribution in [1.82, 2.24) is 14.9 Å². The molecule has 1 aliphatic rings. The molecule has 2 N–H and O–H groups in total. The number of nitrogens with zero attached hydrogens (tertiary/aromatic N) is 3. The molecule has 1 aliphatic heterocycles. The van der Waals surface area contributed by atoms with Gasteiger partial charge in [-0.25, -0.2) is 24.4 Å². The summed E-state index contributed by atoms with van der Waals surface area (Å²) in [7, 11) is 1.30. The van der Waals surface area contributed by atoms with Crippen LogP contribution in [0.2, 0.25) is 0 Å². The largest absolute Gasteiger partial charge is 0.465 e. The Hall–Kier alpha value is -2.75. The molecule has 0 aliphatic carbocycles. The highest BCUT2D eigenvalue weighted by Gasteiger charge is 2.32. The fraction of sp³-hybridized carbons (Fsp3) is 0.435. The highest BCUT2D eigenvalue weighted by Crippen LogP contribution is 2.38. The summed E-state index contributed by atoms with van der Waals surface area (Å²) in [4.78, 5) is 49.9. The van der Waals surface area contributed by atoms with Crippen LogP contribution in [0, 0.1) is 0 Å². The quantitative estimate of drug-likeness (QED) is 0.172. The van der Waals surface area contributed by atoms with E-state index in [0.717, 1.165) is 21.8 Å². The van der Waals surface area contributed by atoms with Gasteiger partial charge in [0.2, 0.25) is 0 Å². The molecule has 0 fully saturated rings. The van der Waals surface area contributed by atoms with E-state index in [2.05, 4.69) is 45.0 Å². The molecule has 3 aromatic heterocycles. The van der Waals surface area contributed by atoms with E-state index in [9.17, 15) is 14.4 Å². The zero-order chi connectivity index (χ0) is 27.6. The van der Waals surface area contributed by atoms with Gasteiger partial charge < -0.3 is 28.6 Å². The first kappa shape index (κ1) is 28.3. The van der Waals surface area contributed by atoms with E-state index in [1.165, 1.54) is 18.4 Å². The predicted molar refractivity (Wildman–Crippen MR) is 153 cm³/mol. The van der Waals surface area contributed by atoms with Gasteiger partial charge in [-0.15, -0.1) is 22.7 Å². The molecular weight excluding hydrogens is 571 g/mol. The number of methoxy groups -OCH3 is 1. The van der Waals surface area contributed by atoms with Crippen molar-refractivity contribution in [1.29, 1.82) is 0 Å². The van der Waals surface area contributed by atoms with Crippen molar-refractivity contribution in [3.8, 4) is 0 Å². The van der Waals surface area contributed by atoms with Crippen LogP contribution < -0.4 is 9.44 Å². The van der Waals surface area contributed by atoms with Crippen molar-refractivity contribution < 1.29 is 28.6 Å². The van der Waals surface area contributed by atoms with Crippen molar-refractivity contribution >= 4 is 87.4 Å². The van der Waals surface area contributed by atoms with E-state index < -0.39 is 17.5 Å². The molecule has 0 saturated heterocycles. The fourth-order valence-electron chi connectivity index (χ4n) is 3.87. The summed E-state index contributed by atoms with van der Waals surface area (Å²) in [6, 6.07) is 0. The summed E-state index contributed by atoms with van der Waals surface area (Å²) >= 11 is 10.8. The summed E-state index contributed by atoms with van der Waals surface area (Å²) < 4.78 is 21.3. The molecule has 0 unspecified atom stereocenters. The van der Waals surface area contributed by atoms with Crippen molar-refractivity contribution in [3.63, 3.8) is 0 Å². The summed E-state index contributed by atoms with van der Waals surface area (Å²) in [5, 5.41) is 0.564. The number of carbonyl (C=O) groups is 3. The molecule has 0 bridgehead atoms. The molecule has 15 heteroatoms. The number of nitrogens with one attached hydrogen (secondary N) is 2. The number of anilines is 2. The summed E-state index contributed by atoms with van der Waals surface area (Å²) in [5.74, 6) is -0.997. The molecule has 4 heterocycles. The van der Waals surface area contributed by atoms with Crippen LogP contribution in [0.1, 0.15) is 56.9 Å². The number of thiol groups is 2. The molecule has 4 rings (SSSR count). The number of thiophene rings is 2. The van der Waals surface area contributed by atoms with Crippen LogP contribution in [-0.2, 0) is 33.6 Å². The monoisotopic (exact) mass is 597 g/mol. The molecule has 38 heavy (non-hydrogen) atoms. The third-order valence-corrected chi connectivity index (χ3v) is 8.34. The highest BCUT2D eigenvalue weighted by atomic mass is 32.1. The van der Waals surface area contributed by atoms with E-state index in [0.29, 0.717) is 63.1 Å². The summed E-state index contributed by atoms with van der Waals surface area (Å²) in [5.41, 5.74) is 2.16. The Bertz CT molecular complexity index is 1380. The van der Waals surface area contributed by atoms with E-state index in [-0.39, 0.29) is 12.7 Å². The van der Waals surface area contributed by atoms with Gasteiger partial charge in [-0.1, -0.05) is 25.6 Å². The number of aromatic nitrogens is 2. The van der Waals surface area contributed by atoms with Gasteiger partial charge in [-0.3, -0.25) is 0 Å². The van der Waals surface area contributed by atoms with Crippen LogP contribution in [0.3, 0.4) is 0 Å². The maximum atomic E-state index is 13.1. The number of rotatable bonds is 7. The van der Waals surface area contributed by atoms with Crippen molar-refractivity contribution in [2.45, 2.75) is 45.8 Å². The smallest absolute Gasteiger partial charge is 0.410 e. The van der Waals surface area contributed by atoms with Crippen LogP contribution in [-0.4, -0.2) is 58.8 Å². The number of hydrogen-bond donors (Lipinski definition) is 4. The Morgan fingerprint density at radius 3 is 2.58 bits per heavy atom. The van der Waals surface area contributed by atoms with Crippen molar-refractivity contribution in [2.75, 3.05) is 29.7 Å². The van der Waals surface area contributed by atoms with Gasteiger partial charge in [-0.2, -0.15) is 0 Å². The average molecular weight is 598 g/mol. The van der Waals surface area contributed by atoms with Gasteiger partial charge in [0.05, 0.1) is 43.4 Å². The number of ether oxygens (including phenoxy) is 3. The molecule has 0 atom stereocenters. The van der Waals surface area contributed by atoms with Gasteiger partial charge in [-0.05, 0) is 32.8 Å². The Morgan fingerprint density at radius 1 is 1.16 bits per heavy atom. The number of fused-ring (bicyclic) bond motifs is 2.